The van der Waals surface area contributed by atoms with Gasteiger partial charge in [-0.1, -0.05) is 155 Å². The van der Waals surface area contributed by atoms with Crippen molar-refractivity contribution in [3.05, 3.63) is 29.3 Å². The van der Waals surface area contributed by atoms with Crippen molar-refractivity contribution in [1.29, 1.82) is 0 Å². The summed E-state index contributed by atoms with van der Waals surface area (Å²) in [7, 11) is 0. The van der Waals surface area contributed by atoms with Crippen LogP contribution in [0.2, 0.25) is 0 Å². The lowest BCUT2D eigenvalue weighted by Crippen LogP contribution is -2.09. The van der Waals surface area contributed by atoms with Gasteiger partial charge in [0.25, 0.3) is 0 Å². The zero-order valence-electron chi connectivity index (χ0n) is 27.7. The van der Waals surface area contributed by atoms with Crippen molar-refractivity contribution in [1.82, 2.24) is 0 Å². The molecule has 6 nitrogen and oxygen atoms in total. The first-order valence-corrected chi connectivity index (χ1v) is 18.9. The van der Waals surface area contributed by atoms with Crippen LogP contribution in [0.4, 0.5) is 0 Å². The lowest BCUT2D eigenvalue weighted by Gasteiger charge is -2.09. The second kappa shape index (κ2) is 29.4. The maximum absolute atomic E-state index is 12.6. The average Bonchev–Trinajstić information content (AvgIpc) is 3.01. The number of hydrogen-bond acceptors (Lipinski definition) is 5. The van der Waals surface area contributed by atoms with E-state index in [0.717, 1.165) is 32.1 Å². The highest BCUT2D eigenvalue weighted by atomic mass is 32.2. The Morgan fingerprint density at radius 3 is 1.44 bits per heavy atom. The minimum Gasteiger partial charge on any atom is -0.462 e. The molecule has 1 unspecified atom stereocenters. The summed E-state index contributed by atoms with van der Waals surface area (Å²) >= 11 is -2.21. The minimum absolute atomic E-state index is 0.0995. The van der Waals surface area contributed by atoms with Crippen LogP contribution in [0.25, 0.3) is 0 Å². The van der Waals surface area contributed by atoms with Gasteiger partial charge in [-0.05, 0) is 36.6 Å². The summed E-state index contributed by atoms with van der Waals surface area (Å²) in [5.41, 5.74) is 0.866. The van der Waals surface area contributed by atoms with E-state index >= 15 is 0 Å². The van der Waals surface area contributed by atoms with Gasteiger partial charge in [0.2, 0.25) is 0 Å². The van der Waals surface area contributed by atoms with Gasteiger partial charge in [-0.15, -0.1) is 0 Å². The highest BCUT2D eigenvalue weighted by molar-refractivity contribution is 7.79. The molecule has 1 N–H and O–H groups in total. The predicted octanol–water partition coefficient (Wildman–Crippen LogP) is 11.3. The summed E-state index contributed by atoms with van der Waals surface area (Å²) in [4.78, 5) is 23.4. The fraction of sp³-hybridized carbons (Fsp3) is 0.806. The first-order valence-electron chi connectivity index (χ1n) is 17.7. The summed E-state index contributed by atoms with van der Waals surface area (Å²) in [5, 5.41) is 0. The van der Waals surface area contributed by atoms with Gasteiger partial charge in [-0.25, -0.2) is 18.8 Å². The SMILES string of the molecule is CCCCCCCCCCCCCCOOCc1cc(C(=O)OCCCCCCCCCCCCCC)cc(S(=O)O)c1. The van der Waals surface area contributed by atoms with Gasteiger partial charge in [0.15, 0.2) is 11.1 Å². The Bertz CT molecular complexity index is 815. The Morgan fingerprint density at radius 1 is 0.581 bits per heavy atom. The Kier molecular flexibility index (Phi) is 27.2. The summed E-state index contributed by atoms with van der Waals surface area (Å²) < 4.78 is 26.8. The molecule has 0 fully saturated rings. The fourth-order valence-corrected chi connectivity index (χ4v) is 5.80. The van der Waals surface area contributed by atoms with E-state index < -0.39 is 17.0 Å². The van der Waals surface area contributed by atoms with E-state index in [-0.39, 0.29) is 17.1 Å². The third-order valence-corrected chi connectivity index (χ3v) is 8.66. The highest BCUT2D eigenvalue weighted by Crippen LogP contribution is 2.17. The molecular weight excluding hydrogens is 560 g/mol. The first-order chi connectivity index (χ1) is 21.1. The number of benzene rings is 1. The van der Waals surface area contributed by atoms with Crippen molar-refractivity contribution in [2.24, 2.45) is 0 Å². The molecule has 0 bridgehead atoms. The Labute approximate surface area is 266 Å². The van der Waals surface area contributed by atoms with Crippen LogP contribution in [0, 0.1) is 0 Å². The van der Waals surface area contributed by atoms with Crippen LogP contribution in [-0.2, 0) is 32.2 Å². The van der Waals surface area contributed by atoms with Gasteiger partial charge < -0.3 is 9.29 Å². The van der Waals surface area contributed by atoms with Crippen molar-refractivity contribution >= 4 is 17.0 Å². The largest absolute Gasteiger partial charge is 0.462 e. The van der Waals surface area contributed by atoms with Gasteiger partial charge >= 0.3 is 5.97 Å². The molecule has 1 rings (SSSR count). The summed E-state index contributed by atoms with van der Waals surface area (Å²) in [6.07, 6.45) is 30.4. The zero-order chi connectivity index (χ0) is 31.2. The number of hydrogen-bond donors (Lipinski definition) is 1. The summed E-state index contributed by atoms with van der Waals surface area (Å²) in [6.45, 7) is 5.48. The lowest BCUT2D eigenvalue weighted by molar-refractivity contribution is -0.304. The summed E-state index contributed by atoms with van der Waals surface area (Å²) in [5.74, 6) is -0.478. The lowest BCUT2D eigenvalue weighted by atomic mass is 10.1. The number of carbonyl (C=O) groups excluding carboxylic acids is 1. The van der Waals surface area contributed by atoms with Crippen molar-refractivity contribution in [3.63, 3.8) is 0 Å². The average molecular weight is 625 g/mol. The van der Waals surface area contributed by atoms with Crippen LogP contribution in [0.5, 0.6) is 0 Å². The van der Waals surface area contributed by atoms with E-state index in [0.29, 0.717) is 18.8 Å². The van der Waals surface area contributed by atoms with Gasteiger partial charge in [-0.2, -0.15) is 0 Å². The monoisotopic (exact) mass is 624 g/mol. The minimum atomic E-state index is -2.21. The molecule has 0 radical (unpaired) electrons. The molecule has 250 valence electrons. The third kappa shape index (κ3) is 23.7. The van der Waals surface area contributed by atoms with Crippen LogP contribution >= 0.6 is 0 Å². The van der Waals surface area contributed by atoms with Crippen LogP contribution < -0.4 is 0 Å². The molecule has 7 heteroatoms. The van der Waals surface area contributed by atoms with Crippen molar-refractivity contribution < 1.29 is 28.1 Å². The smallest absolute Gasteiger partial charge is 0.338 e. The molecule has 0 spiro atoms. The molecule has 0 aliphatic carbocycles. The fourth-order valence-electron chi connectivity index (χ4n) is 5.32. The molecule has 43 heavy (non-hydrogen) atoms. The van der Waals surface area contributed by atoms with E-state index in [4.69, 9.17) is 14.5 Å². The Hall–Kier alpha value is -1.28. The number of carbonyl (C=O) groups is 1. The van der Waals surface area contributed by atoms with Crippen molar-refractivity contribution in [2.75, 3.05) is 13.2 Å². The van der Waals surface area contributed by atoms with Crippen LogP contribution in [0.15, 0.2) is 23.1 Å². The maximum Gasteiger partial charge on any atom is 0.338 e. The van der Waals surface area contributed by atoms with Crippen molar-refractivity contribution in [3.8, 4) is 0 Å². The Morgan fingerprint density at radius 2 is 1.00 bits per heavy atom. The number of esters is 1. The Balaban J connectivity index is 2.14. The molecular formula is C36H64O6S. The standard InChI is InChI=1S/C36H64O6S/c1-3-5-7-9-11-13-15-17-19-21-23-25-27-40-36(37)34-29-33(30-35(31-34)43(38)39)32-42-41-28-26-24-22-20-18-16-14-12-10-8-6-4-2/h29-31H,3-28,32H2,1-2H3,(H,38,39). The summed E-state index contributed by atoms with van der Waals surface area (Å²) in [6, 6.07) is 4.62. The topological polar surface area (TPSA) is 82.1 Å². The number of unbranched alkanes of at least 4 members (excludes halogenated alkanes) is 22. The van der Waals surface area contributed by atoms with E-state index in [1.807, 2.05) is 0 Å². The molecule has 0 aromatic heterocycles. The normalized spacial score (nSPS) is 12.1. The number of ether oxygens (including phenoxy) is 1. The molecule has 0 saturated carbocycles. The second-order valence-electron chi connectivity index (χ2n) is 12.1. The molecule has 0 aliphatic rings. The molecule has 0 heterocycles. The van der Waals surface area contributed by atoms with Gasteiger partial charge in [-0.3, -0.25) is 0 Å². The van der Waals surface area contributed by atoms with E-state index in [1.165, 1.54) is 128 Å². The molecule has 0 amide bonds. The third-order valence-electron chi connectivity index (χ3n) is 8.02. The molecule has 1 aromatic rings. The predicted molar refractivity (Wildman–Crippen MR) is 179 cm³/mol. The van der Waals surface area contributed by atoms with Gasteiger partial charge in [0, 0.05) is 0 Å². The molecule has 1 atom stereocenters. The van der Waals surface area contributed by atoms with Gasteiger partial charge in [0.05, 0.1) is 23.7 Å². The van der Waals surface area contributed by atoms with Crippen LogP contribution in [-0.4, -0.2) is 27.9 Å². The van der Waals surface area contributed by atoms with E-state index in [1.54, 1.807) is 12.1 Å². The second-order valence-corrected chi connectivity index (χ2v) is 13.1. The zero-order valence-corrected chi connectivity index (χ0v) is 28.5. The first kappa shape index (κ1) is 39.7. The van der Waals surface area contributed by atoms with Crippen LogP contribution in [0.3, 0.4) is 0 Å². The molecule has 1 aromatic carbocycles. The van der Waals surface area contributed by atoms with Crippen LogP contribution in [0.1, 0.15) is 184 Å². The van der Waals surface area contributed by atoms with Crippen molar-refractivity contribution in [2.45, 2.75) is 179 Å². The van der Waals surface area contributed by atoms with Gasteiger partial charge in [0.1, 0.15) is 6.61 Å². The van der Waals surface area contributed by atoms with E-state index in [9.17, 15) is 13.6 Å². The quantitative estimate of drug-likeness (QED) is 0.0291. The maximum atomic E-state index is 12.6. The van der Waals surface area contributed by atoms with E-state index in [2.05, 4.69) is 13.8 Å². The molecule has 0 saturated heterocycles. The number of rotatable bonds is 31. The highest BCUT2D eigenvalue weighted by Gasteiger charge is 2.13. The molecule has 0 aliphatic heterocycles.